The van der Waals surface area contributed by atoms with Crippen LogP contribution >= 0.6 is 0 Å². The zero-order valence-corrected chi connectivity index (χ0v) is 22.9. The largest absolute Gasteiger partial charge is 0.484 e. The van der Waals surface area contributed by atoms with Crippen molar-refractivity contribution < 1.29 is 27.5 Å². The fourth-order valence-electron chi connectivity index (χ4n) is 4.34. The minimum absolute atomic E-state index is 0.0391. The molecule has 2 amide bonds. The lowest BCUT2D eigenvalue weighted by molar-refractivity contribution is -0.128. The summed E-state index contributed by atoms with van der Waals surface area (Å²) in [6, 6.07) is 22.9. The molecule has 9 nitrogen and oxygen atoms in total. The van der Waals surface area contributed by atoms with Gasteiger partial charge in [0.25, 0.3) is 11.8 Å². The van der Waals surface area contributed by atoms with Gasteiger partial charge in [-0.15, -0.1) is 0 Å². The molecule has 0 saturated heterocycles. The second-order valence-corrected chi connectivity index (χ2v) is 10.9. The number of sulfonamides is 1. The normalized spacial score (nSPS) is 14.8. The number of nitrogens with one attached hydrogen (secondary N) is 1. The Morgan fingerprint density at radius 2 is 1.64 bits per heavy atom. The van der Waals surface area contributed by atoms with Gasteiger partial charge in [0, 0.05) is 19.6 Å². The summed E-state index contributed by atoms with van der Waals surface area (Å²) >= 11 is 0. The van der Waals surface area contributed by atoms with Gasteiger partial charge in [-0.3, -0.25) is 9.59 Å². The number of anilines is 1. The van der Waals surface area contributed by atoms with Crippen LogP contribution in [0.4, 0.5) is 5.69 Å². The molecule has 0 radical (unpaired) electrons. The van der Waals surface area contributed by atoms with E-state index in [1.165, 1.54) is 33.5 Å². The molecule has 39 heavy (non-hydrogen) atoms. The molecule has 0 aliphatic carbocycles. The molecule has 0 bridgehead atoms. The van der Waals surface area contributed by atoms with Crippen molar-refractivity contribution in [2.75, 3.05) is 37.7 Å². The second kappa shape index (κ2) is 12.8. The number of carbonyl (C=O) groups is 2. The summed E-state index contributed by atoms with van der Waals surface area (Å²) < 4.78 is 38.4. The number of hydrogen-bond donors (Lipinski definition) is 1. The summed E-state index contributed by atoms with van der Waals surface area (Å²) in [5, 5.41) is 2.90. The Hall–Kier alpha value is -3.89. The lowest BCUT2D eigenvalue weighted by atomic mass is 10.1. The maximum absolute atomic E-state index is 13.2. The van der Waals surface area contributed by atoms with Gasteiger partial charge in [0.15, 0.2) is 12.7 Å². The molecule has 1 aliphatic heterocycles. The van der Waals surface area contributed by atoms with Crippen LogP contribution in [0, 0.1) is 0 Å². The molecule has 0 fully saturated rings. The number of nitrogens with zero attached hydrogens (tertiary/aromatic N) is 2. The highest BCUT2D eigenvalue weighted by molar-refractivity contribution is 7.89. The highest BCUT2D eigenvalue weighted by Crippen LogP contribution is 2.33. The molecule has 1 heterocycles. The van der Waals surface area contributed by atoms with Gasteiger partial charge in [-0.25, -0.2) is 8.42 Å². The first-order valence-corrected chi connectivity index (χ1v) is 14.4. The second-order valence-electron chi connectivity index (χ2n) is 8.95. The molecule has 0 saturated carbocycles. The average Bonchev–Trinajstić information content (AvgIpc) is 2.96. The number of benzene rings is 3. The van der Waals surface area contributed by atoms with Gasteiger partial charge in [0.1, 0.15) is 11.5 Å². The SMILES string of the molecule is CCN(CC)S(=O)(=O)c1ccc(OCC(=O)N2CC(C(=O)NCCc3ccccc3)Oc3ccccc32)cc1. The molecule has 206 valence electrons. The van der Waals surface area contributed by atoms with Gasteiger partial charge in [-0.05, 0) is 48.4 Å². The molecule has 1 N–H and O–H groups in total. The van der Waals surface area contributed by atoms with Crippen molar-refractivity contribution in [1.29, 1.82) is 0 Å². The smallest absolute Gasteiger partial charge is 0.265 e. The van der Waals surface area contributed by atoms with E-state index in [4.69, 9.17) is 9.47 Å². The van der Waals surface area contributed by atoms with E-state index in [0.29, 0.717) is 43.2 Å². The van der Waals surface area contributed by atoms with Gasteiger partial charge < -0.3 is 19.7 Å². The van der Waals surface area contributed by atoms with Gasteiger partial charge in [0.2, 0.25) is 10.0 Å². The fourth-order valence-corrected chi connectivity index (χ4v) is 5.80. The zero-order chi connectivity index (χ0) is 27.8. The van der Waals surface area contributed by atoms with Crippen LogP contribution in [0.2, 0.25) is 0 Å². The average molecular weight is 552 g/mol. The summed E-state index contributed by atoms with van der Waals surface area (Å²) in [6.45, 7) is 4.51. The van der Waals surface area contributed by atoms with Crippen molar-refractivity contribution in [3.8, 4) is 11.5 Å². The molecule has 3 aromatic carbocycles. The fraction of sp³-hybridized carbons (Fsp3) is 0.310. The Morgan fingerprint density at radius 1 is 0.974 bits per heavy atom. The first kappa shape index (κ1) is 28.1. The van der Waals surface area contributed by atoms with Crippen molar-refractivity contribution in [3.63, 3.8) is 0 Å². The van der Waals surface area contributed by atoms with Crippen LogP contribution in [0.25, 0.3) is 0 Å². The Bertz CT molecular complexity index is 1380. The summed E-state index contributed by atoms with van der Waals surface area (Å²) in [5.74, 6) is 0.140. The molecule has 0 aromatic heterocycles. The van der Waals surface area contributed by atoms with Crippen LogP contribution in [0.15, 0.2) is 83.8 Å². The quantitative estimate of drug-likeness (QED) is 0.392. The van der Waals surface area contributed by atoms with Gasteiger partial charge >= 0.3 is 0 Å². The van der Waals surface area contributed by atoms with Crippen molar-refractivity contribution in [2.24, 2.45) is 0 Å². The summed E-state index contributed by atoms with van der Waals surface area (Å²) in [6.07, 6.45) is -0.189. The van der Waals surface area contributed by atoms with E-state index < -0.39 is 16.1 Å². The van der Waals surface area contributed by atoms with Crippen LogP contribution < -0.4 is 19.7 Å². The molecule has 1 atom stereocenters. The van der Waals surface area contributed by atoms with Crippen LogP contribution in [0.1, 0.15) is 19.4 Å². The molecular weight excluding hydrogens is 518 g/mol. The van der Waals surface area contributed by atoms with E-state index in [9.17, 15) is 18.0 Å². The summed E-state index contributed by atoms with van der Waals surface area (Å²) in [5.41, 5.74) is 1.67. The first-order chi connectivity index (χ1) is 18.8. The zero-order valence-electron chi connectivity index (χ0n) is 22.1. The lowest BCUT2D eigenvalue weighted by Crippen LogP contribution is -2.52. The van der Waals surface area contributed by atoms with Crippen molar-refractivity contribution in [1.82, 2.24) is 9.62 Å². The number of hydrogen-bond acceptors (Lipinski definition) is 6. The lowest BCUT2D eigenvalue weighted by Gasteiger charge is -2.34. The third-order valence-electron chi connectivity index (χ3n) is 6.45. The molecule has 1 aliphatic rings. The van der Waals surface area contributed by atoms with E-state index >= 15 is 0 Å². The Balaban J connectivity index is 1.38. The van der Waals surface area contributed by atoms with E-state index in [2.05, 4.69) is 5.32 Å². The summed E-state index contributed by atoms with van der Waals surface area (Å²) in [4.78, 5) is 27.7. The molecule has 1 unspecified atom stereocenters. The van der Waals surface area contributed by atoms with Crippen LogP contribution in [0.3, 0.4) is 0 Å². The van der Waals surface area contributed by atoms with Gasteiger partial charge in [0.05, 0.1) is 17.1 Å². The molecule has 3 aromatic rings. The van der Waals surface area contributed by atoms with E-state index in [-0.39, 0.29) is 29.9 Å². The molecule has 0 spiro atoms. The van der Waals surface area contributed by atoms with Crippen molar-refractivity contribution in [2.45, 2.75) is 31.3 Å². The highest BCUT2D eigenvalue weighted by atomic mass is 32.2. The predicted molar refractivity (Wildman–Crippen MR) is 148 cm³/mol. The number of carbonyl (C=O) groups excluding carboxylic acids is 2. The Morgan fingerprint density at radius 3 is 2.33 bits per heavy atom. The highest BCUT2D eigenvalue weighted by Gasteiger charge is 2.33. The van der Waals surface area contributed by atoms with Crippen LogP contribution in [-0.4, -0.2) is 63.4 Å². The van der Waals surface area contributed by atoms with E-state index in [1.54, 1.807) is 38.1 Å². The van der Waals surface area contributed by atoms with E-state index in [1.807, 2.05) is 30.3 Å². The number of para-hydroxylation sites is 2. The number of ether oxygens (including phenoxy) is 2. The molecule has 10 heteroatoms. The number of amides is 2. The number of fused-ring (bicyclic) bond motifs is 1. The van der Waals surface area contributed by atoms with Crippen LogP contribution in [-0.2, 0) is 26.0 Å². The third-order valence-corrected chi connectivity index (χ3v) is 8.52. The Kier molecular flexibility index (Phi) is 9.21. The Labute approximate surface area is 229 Å². The summed E-state index contributed by atoms with van der Waals surface area (Å²) in [7, 11) is -3.59. The number of rotatable bonds is 11. The van der Waals surface area contributed by atoms with Crippen molar-refractivity contribution >= 4 is 27.5 Å². The van der Waals surface area contributed by atoms with Crippen LogP contribution in [0.5, 0.6) is 11.5 Å². The topological polar surface area (TPSA) is 105 Å². The van der Waals surface area contributed by atoms with Gasteiger partial charge in [-0.1, -0.05) is 56.3 Å². The minimum Gasteiger partial charge on any atom is -0.484 e. The third kappa shape index (κ3) is 6.76. The molecule has 4 rings (SSSR count). The monoisotopic (exact) mass is 551 g/mol. The maximum atomic E-state index is 13.2. The van der Waals surface area contributed by atoms with Crippen molar-refractivity contribution in [3.05, 3.63) is 84.4 Å². The van der Waals surface area contributed by atoms with Gasteiger partial charge in [-0.2, -0.15) is 4.31 Å². The maximum Gasteiger partial charge on any atom is 0.265 e. The van der Waals surface area contributed by atoms with E-state index in [0.717, 1.165) is 5.56 Å². The minimum atomic E-state index is -3.59. The standard InChI is InChI=1S/C29H33N3O6S/c1-3-31(4-2)39(35,36)24-16-14-23(15-17-24)37-21-28(33)32-20-27(38-26-13-9-8-12-25(26)32)29(34)30-19-18-22-10-6-5-7-11-22/h5-17,27H,3-4,18-21H2,1-2H3,(H,30,34). The predicted octanol–water partition coefficient (Wildman–Crippen LogP) is 3.25. The first-order valence-electron chi connectivity index (χ1n) is 12.9. The molecular formula is C29H33N3O6S.